The number of likely N-dealkylation sites (tertiary alicyclic amines) is 5. The molecule has 646 valence electrons. The van der Waals surface area contributed by atoms with Gasteiger partial charge in [0.25, 0.3) is 0 Å². The number of aldehydes is 1. The summed E-state index contributed by atoms with van der Waals surface area (Å²) in [6.45, 7) is 30.0. The number of halogens is 11. The summed E-state index contributed by atoms with van der Waals surface area (Å²) in [6, 6.07) is 58.9. The lowest BCUT2D eigenvalue weighted by atomic mass is 9.84. The van der Waals surface area contributed by atoms with Crippen molar-refractivity contribution in [3.8, 4) is 0 Å². The Morgan fingerprint density at radius 2 is 0.675 bits per heavy atom. The third-order valence-electron chi connectivity index (χ3n) is 21.0. The van der Waals surface area contributed by atoms with Crippen LogP contribution in [0.15, 0.2) is 212 Å². The Bertz CT molecular complexity index is 4490. The van der Waals surface area contributed by atoms with Gasteiger partial charge < -0.3 is 43.4 Å². The van der Waals surface area contributed by atoms with Crippen molar-refractivity contribution < 1.29 is 48.0 Å². The largest absolute Gasteiger partial charge is 0.444 e. The van der Waals surface area contributed by atoms with E-state index in [1.54, 1.807) is 64.4 Å². The summed E-state index contributed by atoms with van der Waals surface area (Å²) < 4.78 is 30.1. The van der Waals surface area contributed by atoms with Crippen LogP contribution in [0, 0.1) is 0 Å². The van der Waals surface area contributed by atoms with E-state index in [9.17, 15) is 24.3 Å². The molecule has 13 rings (SSSR count). The normalized spacial score (nSPS) is 17.0. The number of benzene rings is 8. The monoisotopic (exact) mass is 1900 g/mol. The molecule has 5 aliphatic heterocycles. The van der Waals surface area contributed by atoms with Crippen molar-refractivity contribution in [2.45, 2.75) is 159 Å². The number of hydrogen-bond acceptors (Lipinski definition) is 13. The maximum Gasteiger partial charge on any atom is 0.410 e. The van der Waals surface area contributed by atoms with Crippen LogP contribution in [0.25, 0.3) is 0 Å². The number of nitrogens with zero attached hydrogens (tertiary/aromatic N) is 5. The van der Waals surface area contributed by atoms with Gasteiger partial charge in [0, 0.05) is 102 Å². The lowest BCUT2D eigenvalue weighted by Gasteiger charge is -2.42. The van der Waals surface area contributed by atoms with Crippen LogP contribution in [0.2, 0.25) is 50.2 Å². The summed E-state index contributed by atoms with van der Waals surface area (Å²) in [5.41, 5.74) is 4.41. The molecule has 0 unspecified atom stereocenters. The standard InChI is InChI=1S/C21H23Cl2NO.C19H25Cl2NO3.C18H23Cl2NO4.C18H19Cl2NO.C12H15NO.C6H3BrCl2/c1-2-14-25-21(18-8-9-19(22)20(23)15-18)10-12-24(13-11-21)16-17-6-4-3-5-7-17;1-5-12-24-19(14-6-7-15(20)16(21)13-14)8-10-22(11-9-19)17(23)25-18(2,3)4;1-17(2,3)25-16(23)21-8-6-18(7-9-21,24-11-10-22)13-4-5-14(19)15(20)12-13;19-16-7-6-15(12-17(16)20)18(22)8-10-21(11-9-18)13-14-4-2-1-3-5-14;14-12-6-8-13(9-7-12)10-11-4-2-1-3-5-11;7-4-1-2-5(8)6(9)3-4/h2-9,15H,1,10-14,16H2;5-7,13H,1,8-12H2,2-4H3;4-5,10,12H,6-9,11H2,1-3H3;1-7,12,22H,8-11,13H2;1-5H,6-10H2;1-3H. The zero-order valence-electron chi connectivity index (χ0n) is 68.9. The van der Waals surface area contributed by atoms with Gasteiger partial charge in [0.1, 0.15) is 29.9 Å². The Labute approximate surface area is 767 Å². The maximum absolute atomic E-state index is 12.3. The molecule has 0 saturated carbocycles. The summed E-state index contributed by atoms with van der Waals surface area (Å²) in [7, 11) is 0. The van der Waals surface area contributed by atoms with E-state index in [1.807, 2.05) is 102 Å². The first kappa shape index (κ1) is 99.6. The van der Waals surface area contributed by atoms with Crippen molar-refractivity contribution in [2.75, 3.05) is 85.3 Å². The van der Waals surface area contributed by atoms with E-state index in [0.717, 1.165) is 118 Å². The van der Waals surface area contributed by atoms with Crippen LogP contribution in [-0.2, 0) is 75.3 Å². The second-order valence-corrected chi connectivity index (χ2v) is 37.0. The molecule has 120 heavy (non-hydrogen) atoms. The molecule has 5 fully saturated rings. The van der Waals surface area contributed by atoms with E-state index >= 15 is 0 Å². The predicted octanol–water partition coefficient (Wildman–Crippen LogP) is 25.6. The lowest BCUT2D eigenvalue weighted by Crippen LogP contribution is -2.48. The molecule has 0 aliphatic carbocycles. The fourth-order valence-corrected chi connectivity index (χ4v) is 16.4. The second kappa shape index (κ2) is 48.1. The van der Waals surface area contributed by atoms with Gasteiger partial charge in [0.05, 0.1) is 85.8 Å². The zero-order valence-corrected chi connectivity index (χ0v) is 78.0. The summed E-state index contributed by atoms with van der Waals surface area (Å²) in [5.74, 6) is 0.411. The average molecular weight is 1900 g/mol. The van der Waals surface area contributed by atoms with Crippen molar-refractivity contribution in [3.05, 3.63) is 301 Å². The molecule has 5 aliphatic rings. The van der Waals surface area contributed by atoms with E-state index in [4.69, 9.17) is 140 Å². The van der Waals surface area contributed by atoms with Gasteiger partial charge in [-0.15, -0.1) is 13.2 Å². The highest BCUT2D eigenvalue weighted by Crippen LogP contribution is 2.44. The topological polar surface area (TPSA) is 151 Å². The summed E-state index contributed by atoms with van der Waals surface area (Å²) >= 11 is 63.3. The van der Waals surface area contributed by atoms with E-state index in [1.165, 1.54) is 16.7 Å². The van der Waals surface area contributed by atoms with Gasteiger partial charge in [0.2, 0.25) is 0 Å². The first-order chi connectivity index (χ1) is 57.1. The van der Waals surface area contributed by atoms with Crippen LogP contribution in [0.5, 0.6) is 0 Å². The summed E-state index contributed by atoms with van der Waals surface area (Å²) in [5, 5.41) is 16.1. The number of ether oxygens (including phenoxy) is 5. The lowest BCUT2D eigenvalue weighted by molar-refractivity contribution is -0.126. The maximum atomic E-state index is 12.3. The minimum atomic E-state index is -0.804. The molecule has 0 radical (unpaired) electrons. The molecule has 2 amide bonds. The third kappa shape index (κ3) is 31.4. The Morgan fingerprint density at radius 3 is 0.975 bits per heavy atom. The van der Waals surface area contributed by atoms with Crippen LogP contribution in [0.3, 0.4) is 0 Å². The molecular formula is C94H108BrCl10N5O10. The number of piperidine rings is 5. The molecule has 1 N–H and O–H groups in total. The zero-order chi connectivity index (χ0) is 87.3. The minimum absolute atomic E-state index is 0.0211. The van der Waals surface area contributed by atoms with Crippen molar-refractivity contribution in [1.29, 1.82) is 0 Å². The van der Waals surface area contributed by atoms with Gasteiger partial charge >= 0.3 is 12.2 Å². The smallest absolute Gasteiger partial charge is 0.410 e. The molecule has 0 aromatic heterocycles. The highest BCUT2D eigenvalue weighted by atomic mass is 79.9. The van der Waals surface area contributed by atoms with Gasteiger partial charge in [-0.3, -0.25) is 19.5 Å². The van der Waals surface area contributed by atoms with Crippen molar-refractivity contribution in [2.24, 2.45) is 0 Å². The third-order valence-corrected chi connectivity index (χ3v) is 25.2. The number of hydrogen-bond donors (Lipinski definition) is 1. The van der Waals surface area contributed by atoms with E-state index < -0.39 is 28.0 Å². The summed E-state index contributed by atoms with van der Waals surface area (Å²) in [6.07, 6.45) is 10.7. The number of aliphatic hydroxyl groups is 1. The van der Waals surface area contributed by atoms with Gasteiger partial charge in [-0.25, -0.2) is 9.59 Å². The van der Waals surface area contributed by atoms with Crippen molar-refractivity contribution in [3.63, 3.8) is 0 Å². The molecule has 8 aromatic rings. The fourth-order valence-electron chi connectivity index (χ4n) is 14.5. The molecule has 0 bridgehead atoms. The number of amides is 2. The van der Waals surface area contributed by atoms with Gasteiger partial charge in [0.15, 0.2) is 0 Å². The number of carbonyl (C=O) groups is 4. The first-order valence-corrected chi connectivity index (χ1v) is 44.6. The molecule has 26 heteroatoms. The molecule has 0 spiro atoms. The summed E-state index contributed by atoms with van der Waals surface area (Å²) in [4.78, 5) is 56.9. The number of carbonyl (C=O) groups excluding carboxylic acids is 4. The first-order valence-electron chi connectivity index (χ1n) is 40.1. The Morgan fingerprint density at radius 1 is 0.392 bits per heavy atom. The van der Waals surface area contributed by atoms with E-state index in [2.05, 4.69) is 123 Å². The molecule has 5 heterocycles. The van der Waals surface area contributed by atoms with Crippen LogP contribution < -0.4 is 0 Å². The van der Waals surface area contributed by atoms with Crippen LogP contribution >= 0.6 is 132 Å². The Kier molecular flexibility index (Phi) is 39.9. The van der Waals surface area contributed by atoms with Crippen molar-refractivity contribution in [1.82, 2.24) is 24.5 Å². The van der Waals surface area contributed by atoms with E-state index in [-0.39, 0.29) is 24.4 Å². The van der Waals surface area contributed by atoms with Gasteiger partial charge in [-0.1, -0.05) is 259 Å². The highest BCUT2D eigenvalue weighted by molar-refractivity contribution is 9.10. The SMILES string of the molecule is C=CCOC1(c2ccc(Cl)c(Cl)c2)CCN(C(=O)OC(C)(C)C)CC1.C=CCOC1(c2ccc(Cl)c(Cl)c2)CCN(Cc2ccccc2)CC1.CC(C)(C)OC(=O)N1CCC(OCC=O)(c2ccc(Cl)c(Cl)c2)CC1.Clc1ccc(Br)cc1Cl.O=C1CCN(Cc2ccccc2)CC1.OC1(c2ccc(Cl)c(Cl)c2)CCN(Cc2ccccc2)CC1. The quantitative estimate of drug-likeness (QED) is 0.0465. The van der Waals surface area contributed by atoms with Crippen LogP contribution in [0.1, 0.15) is 145 Å². The number of Topliss-reactive ketones (excluding diaryl/α,β-unsaturated/α-hetero) is 1. The highest BCUT2D eigenvalue weighted by Gasteiger charge is 2.43. The Hall–Kier alpha value is -5.78. The fraction of sp³-hybridized carbons (Fsp3) is 0.404. The van der Waals surface area contributed by atoms with Crippen LogP contribution in [-0.4, -0.2) is 150 Å². The average Bonchev–Trinajstić information content (AvgIpc) is 0.789. The van der Waals surface area contributed by atoms with E-state index in [0.29, 0.717) is 134 Å². The molecule has 15 nitrogen and oxygen atoms in total. The van der Waals surface area contributed by atoms with Gasteiger partial charge in [-0.05, 0) is 199 Å². The molecule has 8 aromatic carbocycles. The number of rotatable bonds is 19. The Balaban J connectivity index is 0.000000183. The van der Waals surface area contributed by atoms with Crippen molar-refractivity contribution >= 4 is 156 Å². The predicted molar refractivity (Wildman–Crippen MR) is 495 cm³/mol. The molecule has 5 saturated heterocycles. The number of ketones is 1. The minimum Gasteiger partial charge on any atom is -0.444 e. The molecular weight excluding hydrogens is 1790 g/mol. The molecule has 0 atom stereocenters. The second-order valence-electron chi connectivity index (χ2n) is 32.0. The van der Waals surface area contributed by atoms with Crippen LogP contribution in [0.4, 0.5) is 9.59 Å². The van der Waals surface area contributed by atoms with Gasteiger partial charge in [-0.2, -0.15) is 0 Å².